The summed E-state index contributed by atoms with van der Waals surface area (Å²) in [7, 11) is 1.64. The van der Waals surface area contributed by atoms with Gasteiger partial charge in [-0.25, -0.2) is 0 Å². The third-order valence-electron chi connectivity index (χ3n) is 4.34. The average Bonchev–Trinajstić information content (AvgIpc) is 3.18. The Kier molecular flexibility index (Phi) is 6.17. The molecule has 1 atom stereocenters. The van der Waals surface area contributed by atoms with E-state index in [2.05, 4.69) is 5.32 Å². The van der Waals surface area contributed by atoms with Crippen molar-refractivity contribution in [2.45, 2.75) is 12.5 Å². The highest BCUT2D eigenvalue weighted by Gasteiger charge is 2.34. The first kappa shape index (κ1) is 18.3. The molecule has 0 spiro atoms. The fourth-order valence-electron chi connectivity index (χ4n) is 2.85. The van der Waals surface area contributed by atoms with Crippen LogP contribution in [0.15, 0.2) is 54.6 Å². The summed E-state index contributed by atoms with van der Waals surface area (Å²) >= 11 is 1.61. The van der Waals surface area contributed by atoms with Gasteiger partial charge in [-0.2, -0.15) is 0 Å². The van der Waals surface area contributed by atoms with E-state index in [1.54, 1.807) is 35.9 Å². The maximum Gasteiger partial charge on any atom is 0.255 e. The van der Waals surface area contributed by atoms with E-state index in [1.165, 1.54) is 0 Å². The Morgan fingerprint density at radius 1 is 1.15 bits per heavy atom. The molecule has 0 aromatic heterocycles. The molecule has 3 rings (SSSR count). The van der Waals surface area contributed by atoms with Crippen LogP contribution in [0.2, 0.25) is 0 Å². The van der Waals surface area contributed by atoms with Gasteiger partial charge in [0.2, 0.25) is 5.91 Å². The number of nitrogens with zero attached hydrogens (tertiary/aromatic N) is 1. The summed E-state index contributed by atoms with van der Waals surface area (Å²) in [6.45, 7) is 0.541. The summed E-state index contributed by atoms with van der Waals surface area (Å²) in [5, 5.41) is 2.96. The molecule has 1 saturated heterocycles. The molecule has 2 amide bonds. The Morgan fingerprint density at radius 3 is 2.58 bits per heavy atom. The zero-order valence-corrected chi connectivity index (χ0v) is 15.5. The topological polar surface area (TPSA) is 58.6 Å². The van der Waals surface area contributed by atoms with Crippen LogP contribution in [-0.4, -0.2) is 48.0 Å². The van der Waals surface area contributed by atoms with Gasteiger partial charge in [-0.05, 0) is 36.2 Å². The molecule has 2 aromatic rings. The van der Waals surface area contributed by atoms with Gasteiger partial charge in [0.05, 0.1) is 13.0 Å². The second-order valence-electron chi connectivity index (χ2n) is 6.05. The summed E-state index contributed by atoms with van der Waals surface area (Å²) < 4.78 is 5.14. The minimum atomic E-state index is -0.413. The smallest absolute Gasteiger partial charge is 0.255 e. The van der Waals surface area contributed by atoms with E-state index in [0.29, 0.717) is 23.7 Å². The van der Waals surface area contributed by atoms with E-state index in [-0.39, 0.29) is 11.8 Å². The fourth-order valence-corrected chi connectivity index (χ4v) is 4.00. The van der Waals surface area contributed by atoms with Gasteiger partial charge in [-0.1, -0.05) is 30.3 Å². The predicted octanol–water partition coefficient (Wildman–Crippen LogP) is 2.57. The Labute approximate surface area is 157 Å². The lowest BCUT2D eigenvalue weighted by Gasteiger charge is -2.23. The number of rotatable bonds is 6. The number of benzene rings is 2. The van der Waals surface area contributed by atoms with Crippen molar-refractivity contribution >= 4 is 23.6 Å². The van der Waals surface area contributed by atoms with E-state index in [0.717, 1.165) is 17.7 Å². The largest absolute Gasteiger partial charge is 0.497 e. The first-order chi connectivity index (χ1) is 12.7. The number of hydrogen-bond donors (Lipinski definition) is 1. The molecule has 136 valence electrons. The van der Waals surface area contributed by atoms with E-state index in [4.69, 9.17) is 4.74 Å². The Bertz CT molecular complexity index is 749. The molecule has 2 aromatic carbocycles. The summed E-state index contributed by atoms with van der Waals surface area (Å²) in [4.78, 5) is 26.8. The maximum atomic E-state index is 12.6. The lowest BCUT2D eigenvalue weighted by Crippen LogP contribution is -2.47. The summed E-state index contributed by atoms with van der Waals surface area (Å²) in [6, 6.07) is 16.5. The number of amides is 2. The summed E-state index contributed by atoms with van der Waals surface area (Å²) in [5.74, 6) is 1.81. The van der Waals surface area contributed by atoms with E-state index >= 15 is 0 Å². The first-order valence-corrected chi connectivity index (χ1v) is 9.69. The number of methoxy groups -OCH3 is 1. The molecule has 0 radical (unpaired) electrons. The number of nitrogens with one attached hydrogen (secondary N) is 1. The van der Waals surface area contributed by atoms with Gasteiger partial charge in [-0.15, -0.1) is 11.8 Å². The van der Waals surface area contributed by atoms with Crippen LogP contribution in [0.1, 0.15) is 15.9 Å². The molecule has 0 saturated carbocycles. The molecule has 1 fully saturated rings. The van der Waals surface area contributed by atoms with Gasteiger partial charge in [0.15, 0.2) is 0 Å². The number of hydrogen-bond acceptors (Lipinski definition) is 4. The van der Waals surface area contributed by atoms with Gasteiger partial charge >= 0.3 is 0 Å². The van der Waals surface area contributed by atoms with Gasteiger partial charge in [0, 0.05) is 17.9 Å². The molecular weight excluding hydrogens is 348 g/mol. The van der Waals surface area contributed by atoms with E-state index in [9.17, 15) is 9.59 Å². The van der Waals surface area contributed by atoms with Crippen LogP contribution < -0.4 is 10.1 Å². The van der Waals surface area contributed by atoms with Crippen LogP contribution in [0.25, 0.3) is 0 Å². The molecule has 26 heavy (non-hydrogen) atoms. The van der Waals surface area contributed by atoms with Gasteiger partial charge in [-0.3, -0.25) is 9.59 Å². The zero-order chi connectivity index (χ0) is 18.4. The normalized spacial score (nSPS) is 16.3. The van der Waals surface area contributed by atoms with Crippen molar-refractivity contribution < 1.29 is 14.3 Å². The van der Waals surface area contributed by atoms with Crippen LogP contribution in [-0.2, 0) is 11.2 Å². The van der Waals surface area contributed by atoms with Crippen molar-refractivity contribution in [1.29, 1.82) is 0 Å². The molecule has 1 unspecified atom stereocenters. The molecule has 0 aliphatic carbocycles. The fraction of sp³-hybridized carbons (Fsp3) is 0.300. The van der Waals surface area contributed by atoms with Crippen molar-refractivity contribution in [3.8, 4) is 5.75 Å². The standard InChI is InChI=1S/C20H22N2O3S/c1-25-17-9-7-15(8-10-17)11-12-21-19(23)18-13-26-14-22(18)20(24)16-5-3-2-4-6-16/h2-10,18H,11-14H2,1H3,(H,21,23). The van der Waals surface area contributed by atoms with Gasteiger partial charge in [0.25, 0.3) is 5.91 Å². The molecule has 1 aliphatic rings. The van der Waals surface area contributed by atoms with Gasteiger partial charge < -0.3 is 15.0 Å². The summed E-state index contributed by atoms with van der Waals surface area (Å²) in [5.41, 5.74) is 1.75. The van der Waals surface area contributed by atoms with Crippen LogP contribution >= 0.6 is 11.8 Å². The van der Waals surface area contributed by atoms with E-state index < -0.39 is 6.04 Å². The van der Waals surface area contributed by atoms with Crippen molar-refractivity contribution in [3.63, 3.8) is 0 Å². The molecule has 1 heterocycles. The molecular formula is C20H22N2O3S. The Balaban J connectivity index is 1.54. The van der Waals surface area contributed by atoms with Crippen molar-refractivity contribution in [2.75, 3.05) is 25.3 Å². The number of carbonyl (C=O) groups excluding carboxylic acids is 2. The highest BCUT2D eigenvalue weighted by molar-refractivity contribution is 7.99. The lowest BCUT2D eigenvalue weighted by atomic mass is 10.1. The van der Waals surface area contributed by atoms with Crippen molar-refractivity contribution in [1.82, 2.24) is 10.2 Å². The molecule has 0 bridgehead atoms. The zero-order valence-electron chi connectivity index (χ0n) is 14.7. The highest BCUT2D eigenvalue weighted by Crippen LogP contribution is 2.23. The predicted molar refractivity (Wildman–Crippen MR) is 103 cm³/mol. The minimum Gasteiger partial charge on any atom is -0.497 e. The van der Waals surface area contributed by atoms with E-state index in [1.807, 2.05) is 42.5 Å². The molecule has 1 aliphatic heterocycles. The van der Waals surface area contributed by atoms with Crippen molar-refractivity contribution in [2.24, 2.45) is 0 Å². The quantitative estimate of drug-likeness (QED) is 0.849. The van der Waals surface area contributed by atoms with Crippen LogP contribution in [0.4, 0.5) is 0 Å². The second kappa shape index (κ2) is 8.76. The minimum absolute atomic E-state index is 0.0900. The first-order valence-electron chi connectivity index (χ1n) is 8.53. The van der Waals surface area contributed by atoms with Crippen LogP contribution in [0.3, 0.4) is 0 Å². The molecule has 5 nitrogen and oxygen atoms in total. The monoisotopic (exact) mass is 370 g/mol. The Morgan fingerprint density at radius 2 is 1.88 bits per heavy atom. The third kappa shape index (κ3) is 4.38. The molecule has 6 heteroatoms. The third-order valence-corrected chi connectivity index (χ3v) is 5.35. The lowest BCUT2D eigenvalue weighted by molar-refractivity contribution is -0.124. The maximum absolute atomic E-state index is 12.6. The number of carbonyl (C=O) groups is 2. The highest BCUT2D eigenvalue weighted by atomic mass is 32.2. The molecule has 1 N–H and O–H groups in total. The SMILES string of the molecule is COc1ccc(CCNC(=O)C2CSCN2C(=O)c2ccccc2)cc1. The summed E-state index contributed by atoms with van der Waals surface area (Å²) in [6.07, 6.45) is 0.738. The van der Waals surface area contributed by atoms with Crippen molar-refractivity contribution in [3.05, 3.63) is 65.7 Å². The van der Waals surface area contributed by atoms with Crippen LogP contribution in [0.5, 0.6) is 5.75 Å². The average molecular weight is 370 g/mol. The van der Waals surface area contributed by atoms with Crippen LogP contribution in [0, 0.1) is 0 Å². The second-order valence-corrected chi connectivity index (χ2v) is 7.05. The number of thioether (sulfide) groups is 1. The van der Waals surface area contributed by atoms with Gasteiger partial charge in [0.1, 0.15) is 11.8 Å². The Hall–Kier alpha value is -2.47. The number of ether oxygens (including phenoxy) is 1.